The van der Waals surface area contributed by atoms with Crippen LogP contribution in [0.25, 0.3) is 0 Å². The molecule has 1 heterocycles. The lowest BCUT2D eigenvalue weighted by Crippen LogP contribution is -2.40. The molecule has 1 saturated heterocycles. The molecule has 0 amide bonds. The van der Waals surface area contributed by atoms with Gasteiger partial charge in [-0.05, 0) is 37.9 Å². The van der Waals surface area contributed by atoms with E-state index in [1.54, 1.807) is 6.07 Å². The number of sulfonamides is 1. The molecule has 0 radical (unpaired) electrons. The number of benzene rings is 1. The summed E-state index contributed by atoms with van der Waals surface area (Å²) in [6.45, 7) is 1.38. The van der Waals surface area contributed by atoms with Crippen molar-refractivity contribution >= 4 is 41.9 Å². The molecule has 0 bridgehead atoms. The number of nitrogens with zero attached hydrogens (tertiary/aromatic N) is 1. The fourth-order valence-electron chi connectivity index (χ4n) is 2.06. The minimum Gasteiger partial charge on any atom is -0.493 e. The van der Waals surface area contributed by atoms with E-state index in [1.165, 1.54) is 18.5 Å². The zero-order valence-electron chi connectivity index (χ0n) is 11.6. The summed E-state index contributed by atoms with van der Waals surface area (Å²) in [5.74, 6) is 0.526. The minimum absolute atomic E-state index is 0.0538. The average molecular weight is 445 g/mol. The molecule has 1 aromatic carbocycles. The fraction of sp³-hybridized carbons (Fsp3) is 0.500. The van der Waals surface area contributed by atoms with E-state index < -0.39 is 10.0 Å². The first-order valence-electron chi connectivity index (χ1n) is 6.11. The molecular formula is C12H15Br2NO5S. The Bertz CT molecular complexity index is 629. The molecule has 0 spiro atoms. The Morgan fingerprint density at radius 2 is 1.81 bits per heavy atom. The molecule has 0 atom stereocenters. The number of hydrogen-bond donors (Lipinski definition) is 0. The van der Waals surface area contributed by atoms with Crippen LogP contribution in [0.5, 0.6) is 11.5 Å². The summed E-state index contributed by atoms with van der Waals surface area (Å²) in [4.78, 5) is 0.0538. The third-order valence-corrected chi connectivity index (χ3v) is 7.28. The van der Waals surface area contributed by atoms with E-state index in [4.69, 9.17) is 14.2 Å². The second-order valence-electron chi connectivity index (χ2n) is 4.25. The van der Waals surface area contributed by atoms with Crippen molar-refractivity contribution in [2.24, 2.45) is 0 Å². The van der Waals surface area contributed by atoms with Gasteiger partial charge in [-0.3, -0.25) is 0 Å². The topological polar surface area (TPSA) is 65.1 Å². The summed E-state index contributed by atoms with van der Waals surface area (Å²) in [6, 6.07) is 1.65. The minimum atomic E-state index is -3.72. The third kappa shape index (κ3) is 3.21. The van der Waals surface area contributed by atoms with Gasteiger partial charge in [-0.2, -0.15) is 4.31 Å². The molecule has 2 rings (SSSR count). The van der Waals surface area contributed by atoms with Gasteiger partial charge in [-0.1, -0.05) is 0 Å². The summed E-state index contributed by atoms with van der Waals surface area (Å²) in [6.07, 6.45) is 0. The number of rotatable bonds is 4. The van der Waals surface area contributed by atoms with Gasteiger partial charge < -0.3 is 14.2 Å². The molecule has 0 saturated carbocycles. The van der Waals surface area contributed by atoms with E-state index in [1.807, 2.05) is 0 Å². The summed E-state index contributed by atoms with van der Waals surface area (Å²) in [7, 11) is -0.844. The van der Waals surface area contributed by atoms with Crippen LogP contribution in [0.1, 0.15) is 0 Å². The first-order valence-corrected chi connectivity index (χ1v) is 9.14. The number of ether oxygens (including phenoxy) is 3. The molecule has 0 aromatic heterocycles. The van der Waals surface area contributed by atoms with Gasteiger partial charge in [0.1, 0.15) is 4.90 Å². The monoisotopic (exact) mass is 443 g/mol. The van der Waals surface area contributed by atoms with E-state index >= 15 is 0 Å². The zero-order valence-corrected chi connectivity index (χ0v) is 15.5. The largest absolute Gasteiger partial charge is 0.493 e. The van der Waals surface area contributed by atoms with E-state index in [9.17, 15) is 8.42 Å². The lowest BCUT2D eigenvalue weighted by atomic mass is 10.3. The van der Waals surface area contributed by atoms with Gasteiger partial charge in [-0.15, -0.1) is 0 Å². The van der Waals surface area contributed by atoms with E-state index in [-0.39, 0.29) is 10.6 Å². The summed E-state index contributed by atoms with van der Waals surface area (Å²) < 4.78 is 43.8. The molecule has 1 aromatic rings. The highest BCUT2D eigenvalue weighted by molar-refractivity contribution is 9.13. The van der Waals surface area contributed by atoms with Gasteiger partial charge in [0.05, 0.1) is 31.9 Å². The second-order valence-corrected chi connectivity index (χ2v) is 7.78. The van der Waals surface area contributed by atoms with Crippen molar-refractivity contribution in [2.45, 2.75) is 4.90 Å². The summed E-state index contributed by atoms with van der Waals surface area (Å²) in [5.41, 5.74) is 0. The van der Waals surface area contributed by atoms with Crippen molar-refractivity contribution in [3.63, 3.8) is 0 Å². The Hall–Kier alpha value is -0.350. The molecule has 1 fully saturated rings. The summed E-state index contributed by atoms with van der Waals surface area (Å²) >= 11 is 6.65. The van der Waals surface area contributed by atoms with Crippen molar-refractivity contribution in [1.82, 2.24) is 4.31 Å². The van der Waals surface area contributed by atoms with E-state index in [0.717, 1.165) is 0 Å². The predicted molar refractivity (Wildman–Crippen MR) is 84.5 cm³/mol. The third-order valence-electron chi connectivity index (χ3n) is 3.09. The standard InChI is InChI=1S/C12H15Br2NO5S/c1-18-9-7-8(13)10(14)12(11(9)19-2)21(16,17)15-3-5-20-6-4-15/h7H,3-6H2,1-2H3. The quantitative estimate of drug-likeness (QED) is 0.712. The molecule has 0 N–H and O–H groups in total. The van der Waals surface area contributed by atoms with Crippen LogP contribution >= 0.6 is 31.9 Å². The number of halogens is 2. The number of morpholine rings is 1. The van der Waals surface area contributed by atoms with Crippen LogP contribution in [0.15, 0.2) is 19.9 Å². The Labute approximate surface area is 140 Å². The molecule has 9 heteroatoms. The SMILES string of the molecule is COc1cc(Br)c(Br)c(S(=O)(=O)N2CCOCC2)c1OC. The highest BCUT2D eigenvalue weighted by atomic mass is 79.9. The first kappa shape index (κ1) is 17.0. The van der Waals surface area contributed by atoms with Gasteiger partial charge in [0, 0.05) is 17.6 Å². The highest BCUT2D eigenvalue weighted by Crippen LogP contribution is 2.44. The Kier molecular flexibility index (Phi) is 5.53. The van der Waals surface area contributed by atoms with Gasteiger partial charge >= 0.3 is 0 Å². The highest BCUT2D eigenvalue weighted by Gasteiger charge is 2.34. The molecule has 0 aliphatic carbocycles. The van der Waals surface area contributed by atoms with Gasteiger partial charge in [0.2, 0.25) is 10.0 Å². The molecule has 118 valence electrons. The van der Waals surface area contributed by atoms with Crippen LogP contribution in [0, 0.1) is 0 Å². The van der Waals surface area contributed by atoms with Crippen molar-refractivity contribution < 1.29 is 22.6 Å². The van der Waals surface area contributed by atoms with Gasteiger partial charge in [0.15, 0.2) is 11.5 Å². The van der Waals surface area contributed by atoms with Crippen LogP contribution in [0.3, 0.4) is 0 Å². The number of hydrogen-bond acceptors (Lipinski definition) is 5. The summed E-state index contributed by atoms with van der Waals surface area (Å²) in [5, 5.41) is 0. The van der Waals surface area contributed by atoms with Crippen molar-refractivity contribution in [3.05, 3.63) is 15.0 Å². The Balaban J connectivity index is 2.63. The second kappa shape index (κ2) is 6.82. The average Bonchev–Trinajstić information content (AvgIpc) is 2.49. The first-order chi connectivity index (χ1) is 9.93. The zero-order chi connectivity index (χ0) is 15.6. The number of methoxy groups -OCH3 is 2. The molecule has 6 nitrogen and oxygen atoms in total. The van der Waals surface area contributed by atoms with Crippen LogP contribution in [-0.2, 0) is 14.8 Å². The maximum Gasteiger partial charge on any atom is 0.248 e. The van der Waals surface area contributed by atoms with Gasteiger partial charge in [-0.25, -0.2) is 8.42 Å². The lowest BCUT2D eigenvalue weighted by molar-refractivity contribution is 0.0729. The van der Waals surface area contributed by atoms with Gasteiger partial charge in [0.25, 0.3) is 0 Å². The van der Waals surface area contributed by atoms with Crippen LogP contribution in [0.4, 0.5) is 0 Å². The lowest BCUT2D eigenvalue weighted by Gasteiger charge is -2.27. The molecule has 1 aliphatic rings. The van der Waals surface area contributed by atoms with Crippen molar-refractivity contribution in [1.29, 1.82) is 0 Å². The van der Waals surface area contributed by atoms with Crippen LogP contribution < -0.4 is 9.47 Å². The smallest absolute Gasteiger partial charge is 0.248 e. The van der Waals surface area contributed by atoms with Crippen LogP contribution in [-0.4, -0.2) is 53.2 Å². The Morgan fingerprint density at radius 1 is 1.19 bits per heavy atom. The molecule has 21 heavy (non-hydrogen) atoms. The molecular weight excluding hydrogens is 430 g/mol. The molecule has 0 unspecified atom stereocenters. The molecule has 1 aliphatic heterocycles. The fourth-order valence-corrected chi connectivity index (χ4v) is 5.14. The van der Waals surface area contributed by atoms with Crippen LogP contribution in [0.2, 0.25) is 0 Å². The van der Waals surface area contributed by atoms with Crippen molar-refractivity contribution in [2.75, 3.05) is 40.5 Å². The van der Waals surface area contributed by atoms with Crippen molar-refractivity contribution in [3.8, 4) is 11.5 Å². The van der Waals surface area contributed by atoms with E-state index in [0.29, 0.717) is 41.0 Å². The maximum absolute atomic E-state index is 12.9. The van der Waals surface area contributed by atoms with E-state index in [2.05, 4.69) is 31.9 Å². The maximum atomic E-state index is 12.9. The Morgan fingerprint density at radius 3 is 2.33 bits per heavy atom. The normalized spacial score (nSPS) is 16.8. The predicted octanol–water partition coefficient (Wildman–Crippen LogP) is 2.25.